The molecule has 8 nitrogen and oxygen atoms in total. The second-order valence-corrected chi connectivity index (χ2v) is 21.7. The van der Waals surface area contributed by atoms with Gasteiger partial charge in [0.05, 0.1) is 39.9 Å². The third-order valence-corrected chi connectivity index (χ3v) is 13.4. The Kier molecular flexibility index (Phi) is 48.4. The number of quaternary nitrogens is 1. The van der Waals surface area contributed by atoms with E-state index in [2.05, 4.69) is 92.1 Å². The maximum absolute atomic E-state index is 12.9. The molecule has 0 aliphatic carbocycles. The average Bonchev–Trinajstić information content (AvgIpc) is 3.30. The molecule has 0 aromatic rings. The Labute approximate surface area is 421 Å². The molecule has 0 aromatic carbocycles. The summed E-state index contributed by atoms with van der Waals surface area (Å²) < 4.78 is 23.2. The number of hydrogen-bond donors (Lipinski definition) is 2. The Morgan fingerprint density at radius 2 is 0.897 bits per heavy atom. The highest BCUT2D eigenvalue weighted by molar-refractivity contribution is 7.45. The van der Waals surface area contributed by atoms with Gasteiger partial charge >= 0.3 is 0 Å². The highest BCUT2D eigenvalue weighted by Crippen LogP contribution is 2.38. The van der Waals surface area contributed by atoms with Crippen molar-refractivity contribution in [3.8, 4) is 0 Å². The molecule has 3 unspecified atom stereocenters. The van der Waals surface area contributed by atoms with Gasteiger partial charge in [-0.15, -0.1) is 0 Å². The first-order valence-electron chi connectivity index (χ1n) is 28.3. The maximum atomic E-state index is 12.9. The van der Waals surface area contributed by atoms with Gasteiger partial charge in [-0.25, -0.2) is 0 Å². The predicted molar refractivity (Wildman–Crippen MR) is 293 cm³/mol. The molecule has 0 bridgehead atoms. The van der Waals surface area contributed by atoms with E-state index >= 15 is 0 Å². The second-order valence-electron chi connectivity index (χ2n) is 20.3. The highest BCUT2D eigenvalue weighted by Gasteiger charge is 2.24. The largest absolute Gasteiger partial charge is 0.756 e. The summed E-state index contributed by atoms with van der Waals surface area (Å²) in [6.07, 6.45) is 68.4. The zero-order chi connectivity index (χ0) is 49.9. The number of phosphoric ester groups is 1. The highest BCUT2D eigenvalue weighted by atomic mass is 31.2. The summed E-state index contributed by atoms with van der Waals surface area (Å²) in [7, 11) is 1.30. The van der Waals surface area contributed by atoms with E-state index in [9.17, 15) is 19.4 Å². The number of amides is 1. The lowest BCUT2D eigenvalue weighted by Crippen LogP contribution is -2.46. The first-order valence-corrected chi connectivity index (χ1v) is 29.7. The van der Waals surface area contributed by atoms with Gasteiger partial charge in [-0.1, -0.05) is 247 Å². The van der Waals surface area contributed by atoms with Gasteiger partial charge in [0.25, 0.3) is 7.82 Å². The molecule has 9 heteroatoms. The number of likely N-dealkylation sites (N-methyl/N-ethyl adjacent to an activating group) is 1. The number of carbonyl (C=O) groups excluding carboxylic acids is 1. The number of phosphoric acid groups is 1. The fourth-order valence-corrected chi connectivity index (χ4v) is 8.77. The smallest absolute Gasteiger partial charge is 0.268 e. The summed E-state index contributed by atoms with van der Waals surface area (Å²) >= 11 is 0. The number of hydrogen-bond acceptors (Lipinski definition) is 6. The molecule has 0 rings (SSSR count). The van der Waals surface area contributed by atoms with E-state index < -0.39 is 20.0 Å². The van der Waals surface area contributed by atoms with Gasteiger partial charge < -0.3 is 28.8 Å². The van der Waals surface area contributed by atoms with Crippen molar-refractivity contribution in [2.45, 2.75) is 257 Å². The Morgan fingerprint density at radius 3 is 1.31 bits per heavy atom. The number of nitrogens with one attached hydrogen (secondary N) is 1. The van der Waals surface area contributed by atoms with Gasteiger partial charge in [0.15, 0.2) is 0 Å². The number of rotatable bonds is 51. The molecular formula is C59H109N2O6P. The molecule has 1 amide bonds. The van der Waals surface area contributed by atoms with E-state index in [1.807, 2.05) is 21.1 Å². The first-order chi connectivity index (χ1) is 33.0. The van der Waals surface area contributed by atoms with Gasteiger partial charge in [0.2, 0.25) is 5.91 Å². The number of aliphatic hydroxyl groups is 1. The normalized spacial score (nSPS) is 14.5. The molecule has 396 valence electrons. The van der Waals surface area contributed by atoms with Crippen LogP contribution in [0.5, 0.6) is 0 Å². The lowest BCUT2D eigenvalue weighted by atomic mass is 10.0. The number of allylic oxidation sites excluding steroid dienone is 12. The van der Waals surface area contributed by atoms with Crippen molar-refractivity contribution in [2.24, 2.45) is 0 Å². The number of nitrogens with zero attached hydrogens (tertiary/aromatic N) is 1. The molecule has 68 heavy (non-hydrogen) atoms. The van der Waals surface area contributed by atoms with Crippen molar-refractivity contribution in [2.75, 3.05) is 40.9 Å². The van der Waals surface area contributed by atoms with Crippen LogP contribution in [-0.2, 0) is 18.4 Å². The zero-order valence-corrected chi connectivity index (χ0v) is 45.9. The number of unbranched alkanes of at least 4 members (excludes halogenated alkanes) is 26. The Balaban J connectivity index is 3.80. The van der Waals surface area contributed by atoms with Crippen LogP contribution in [0.3, 0.4) is 0 Å². The van der Waals surface area contributed by atoms with E-state index in [1.165, 1.54) is 141 Å². The fraction of sp³-hybridized carbons (Fsp3) is 0.780. The van der Waals surface area contributed by atoms with Gasteiger partial charge in [-0.2, -0.15) is 0 Å². The van der Waals surface area contributed by atoms with Gasteiger partial charge in [-0.05, 0) is 64.2 Å². The minimum atomic E-state index is -4.56. The Bertz CT molecular complexity index is 1330. The zero-order valence-electron chi connectivity index (χ0n) is 45.0. The predicted octanol–water partition coefficient (Wildman–Crippen LogP) is 16.5. The SMILES string of the molecule is CC/C=C\C/C=C\C/C=C\C/C=C\C/C=C\C/C=C\CCCCCCCCCCCCCCCCCCCCCCC(=O)NC(COP(=O)([O-])OCC[N+](C)(C)C)C(O)CCCCCCCCC. The molecule has 0 aliphatic heterocycles. The van der Waals surface area contributed by atoms with Crippen LogP contribution in [0, 0.1) is 0 Å². The average molecular weight is 974 g/mol. The number of aliphatic hydroxyl groups excluding tert-OH is 1. The van der Waals surface area contributed by atoms with Crippen molar-refractivity contribution >= 4 is 13.7 Å². The summed E-state index contributed by atoms with van der Waals surface area (Å²) in [4.78, 5) is 25.3. The minimum Gasteiger partial charge on any atom is -0.756 e. The third-order valence-electron chi connectivity index (χ3n) is 12.5. The summed E-state index contributed by atoms with van der Waals surface area (Å²) in [6.45, 7) is 4.56. The van der Waals surface area contributed by atoms with Gasteiger partial charge in [0.1, 0.15) is 13.2 Å². The van der Waals surface area contributed by atoms with Crippen LogP contribution in [0.4, 0.5) is 0 Å². The van der Waals surface area contributed by atoms with E-state index in [1.54, 1.807) is 0 Å². The first kappa shape index (κ1) is 65.9. The van der Waals surface area contributed by atoms with Crippen molar-refractivity contribution in [3.05, 3.63) is 72.9 Å². The molecule has 0 aliphatic rings. The maximum Gasteiger partial charge on any atom is 0.268 e. The molecule has 0 aromatic heterocycles. The van der Waals surface area contributed by atoms with Crippen LogP contribution >= 0.6 is 7.82 Å². The minimum absolute atomic E-state index is 0.0114. The van der Waals surface area contributed by atoms with E-state index in [4.69, 9.17) is 9.05 Å². The molecule has 0 spiro atoms. The monoisotopic (exact) mass is 973 g/mol. The van der Waals surface area contributed by atoms with Crippen molar-refractivity contribution in [1.82, 2.24) is 5.32 Å². The van der Waals surface area contributed by atoms with Crippen molar-refractivity contribution in [3.63, 3.8) is 0 Å². The summed E-state index contributed by atoms with van der Waals surface area (Å²) in [6, 6.07) is -0.798. The van der Waals surface area contributed by atoms with Crippen molar-refractivity contribution < 1.29 is 32.9 Å². The Hall–Kier alpha value is -2.06. The van der Waals surface area contributed by atoms with Crippen LogP contribution in [0.25, 0.3) is 0 Å². The molecule has 3 atom stereocenters. The molecule has 0 saturated heterocycles. The lowest BCUT2D eigenvalue weighted by Gasteiger charge is -2.30. The van der Waals surface area contributed by atoms with Gasteiger partial charge in [-0.3, -0.25) is 9.36 Å². The fourth-order valence-electron chi connectivity index (χ4n) is 8.04. The quantitative estimate of drug-likeness (QED) is 0.0272. The second kappa shape index (κ2) is 49.9. The topological polar surface area (TPSA) is 108 Å². The molecule has 2 N–H and O–H groups in total. The van der Waals surface area contributed by atoms with Crippen LogP contribution in [0.15, 0.2) is 72.9 Å². The summed E-state index contributed by atoms with van der Waals surface area (Å²) in [5.41, 5.74) is 0. The van der Waals surface area contributed by atoms with Gasteiger partial charge in [0, 0.05) is 6.42 Å². The van der Waals surface area contributed by atoms with E-state index in [0.717, 1.165) is 77.0 Å². The van der Waals surface area contributed by atoms with Crippen molar-refractivity contribution in [1.29, 1.82) is 0 Å². The number of carbonyl (C=O) groups is 1. The summed E-state index contributed by atoms with van der Waals surface area (Å²) in [5, 5.41) is 13.8. The van der Waals surface area contributed by atoms with Crippen LogP contribution in [0.1, 0.15) is 245 Å². The lowest BCUT2D eigenvalue weighted by molar-refractivity contribution is -0.870. The molecule has 0 fully saturated rings. The van der Waals surface area contributed by atoms with Crippen LogP contribution < -0.4 is 10.2 Å². The van der Waals surface area contributed by atoms with E-state index in [-0.39, 0.29) is 19.1 Å². The summed E-state index contributed by atoms with van der Waals surface area (Å²) in [5.74, 6) is -0.168. The molecule has 0 radical (unpaired) electrons. The van der Waals surface area contributed by atoms with Crippen LogP contribution in [-0.4, -0.2) is 68.5 Å². The van der Waals surface area contributed by atoms with E-state index in [0.29, 0.717) is 23.9 Å². The Morgan fingerprint density at radius 1 is 0.529 bits per heavy atom. The van der Waals surface area contributed by atoms with Crippen LogP contribution in [0.2, 0.25) is 0 Å². The molecule has 0 heterocycles. The third kappa shape index (κ3) is 51.8. The molecule has 0 saturated carbocycles. The standard InChI is InChI=1S/C59H109N2O6P/c1-6-8-10-12-14-15-16-17-18-19-20-21-22-23-24-25-26-27-28-29-30-31-32-33-34-35-36-37-38-39-40-41-42-43-44-45-47-49-51-53-59(63)60-57(58(62)52-50-48-46-13-11-9-7-2)56-67-68(64,65)66-55-54-61(3,4)5/h8,10,14-15,17-18,20-21,23-24,26-27,57-58,62H,6-7,9,11-13,16,19,22,25,28-56H2,1-5H3,(H-,60,63,64,65)/b10-8-,15-14-,18-17-,21-20-,24-23-,27-26-. The molecular weight excluding hydrogens is 864 g/mol.